The maximum absolute atomic E-state index is 12.5. The Kier molecular flexibility index (Phi) is 5.48. The zero-order valence-corrected chi connectivity index (χ0v) is 15.5. The van der Waals surface area contributed by atoms with E-state index in [2.05, 4.69) is 24.6 Å². The van der Waals surface area contributed by atoms with Crippen LogP contribution in [0.3, 0.4) is 0 Å². The molecule has 0 radical (unpaired) electrons. The van der Waals surface area contributed by atoms with Crippen LogP contribution in [0.1, 0.15) is 11.4 Å². The van der Waals surface area contributed by atoms with Crippen LogP contribution in [0.5, 0.6) is 0 Å². The Morgan fingerprint density at radius 2 is 1.73 bits per heavy atom. The van der Waals surface area contributed by atoms with Crippen molar-refractivity contribution in [1.82, 2.24) is 14.9 Å². The van der Waals surface area contributed by atoms with Crippen LogP contribution < -0.4 is 4.72 Å². The van der Waals surface area contributed by atoms with Crippen LogP contribution in [0.4, 0.5) is 11.6 Å². The molecule has 0 saturated carbocycles. The van der Waals surface area contributed by atoms with Crippen molar-refractivity contribution in [3.8, 4) is 0 Å². The third kappa shape index (κ3) is 4.77. The highest BCUT2D eigenvalue weighted by Crippen LogP contribution is 2.18. The van der Waals surface area contributed by atoms with Gasteiger partial charge in [-0.25, -0.2) is 28.1 Å². The number of hydrogen-bond donors (Lipinski definition) is 1. The van der Waals surface area contributed by atoms with Crippen molar-refractivity contribution in [2.45, 2.75) is 18.7 Å². The first kappa shape index (κ1) is 18.3. The summed E-state index contributed by atoms with van der Waals surface area (Å²) in [4.78, 5) is 14.8. The van der Waals surface area contributed by atoms with Crippen LogP contribution in [-0.2, 0) is 14.8 Å². The molecule has 1 aromatic heterocycles. The largest absolute Gasteiger partial charge is 0.378 e. The molecule has 0 bridgehead atoms. The van der Waals surface area contributed by atoms with Gasteiger partial charge in [-0.2, -0.15) is 0 Å². The van der Waals surface area contributed by atoms with Gasteiger partial charge < -0.3 is 9.64 Å². The predicted molar refractivity (Wildman–Crippen MR) is 99.3 cm³/mol. The zero-order chi connectivity index (χ0) is 18.6. The molecule has 2 aromatic rings. The summed E-state index contributed by atoms with van der Waals surface area (Å²) < 4.78 is 32.7. The molecule has 3 rings (SSSR count). The normalized spacial score (nSPS) is 15.4. The van der Waals surface area contributed by atoms with E-state index in [1.54, 1.807) is 38.4 Å². The van der Waals surface area contributed by atoms with E-state index in [0.29, 0.717) is 30.3 Å². The first-order valence-corrected chi connectivity index (χ1v) is 9.72. The molecule has 1 N–H and O–H groups in total. The lowest BCUT2D eigenvalue weighted by Gasteiger charge is -2.24. The van der Waals surface area contributed by atoms with Crippen molar-refractivity contribution in [2.24, 2.45) is 4.99 Å². The lowest BCUT2D eigenvalue weighted by Crippen LogP contribution is -2.34. The summed E-state index contributed by atoms with van der Waals surface area (Å²) in [5.41, 5.74) is 2.07. The second kappa shape index (κ2) is 7.79. The third-order valence-corrected chi connectivity index (χ3v) is 5.11. The van der Waals surface area contributed by atoms with Gasteiger partial charge in [-0.05, 0) is 44.2 Å². The SMILES string of the molecule is Cc1cc(C)nc(NS(=O)(=O)c2ccc(N=CN3CCOCC3)cc2)n1. The number of hydrogen-bond acceptors (Lipinski definition) is 6. The average molecular weight is 375 g/mol. The number of morpholine rings is 1. The number of aliphatic imine (C=N–C) groups is 1. The molecule has 1 saturated heterocycles. The third-order valence-electron chi connectivity index (χ3n) is 3.77. The first-order valence-electron chi connectivity index (χ1n) is 8.23. The van der Waals surface area contributed by atoms with E-state index in [0.717, 1.165) is 13.1 Å². The second-order valence-corrected chi connectivity index (χ2v) is 7.65. The van der Waals surface area contributed by atoms with E-state index in [1.807, 2.05) is 0 Å². The van der Waals surface area contributed by atoms with Crippen LogP contribution in [0.2, 0.25) is 0 Å². The number of nitrogens with zero attached hydrogens (tertiary/aromatic N) is 4. The predicted octanol–water partition coefficient (Wildman–Crippen LogP) is 1.89. The molecule has 9 heteroatoms. The van der Waals surface area contributed by atoms with Gasteiger partial charge >= 0.3 is 0 Å². The van der Waals surface area contributed by atoms with E-state index in [9.17, 15) is 8.42 Å². The van der Waals surface area contributed by atoms with Crippen molar-refractivity contribution in [3.05, 3.63) is 41.7 Å². The maximum Gasteiger partial charge on any atom is 0.264 e. The molecule has 1 aliphatic heterocycles. The van der Waals surface area contributed by atoms with E-state index in [4.69, 9.17) is 4.74 Å². The Balaban J connectivity index is 1.71. The number of aryl methyl sites for hydroxylation is 2. The molecule has 1 aliphatic rings. The number of rotatable bonds is 5. The average Bonchev–Trinajstić information content (AvgIpc) is 2.60. The van der Waals surface area contributed by atoms with Gasteiger partial charge in [-0.3, -0.25) is 0 Å². The van der Waals surface area contributed by atoms with Gasteiger partial charge in [0, 0.05) is 24.5 Å². The van der Waals surface area contributed by atoms with Gasteiger partial charge in [0.2, 0.25) is 5.95 Å². The highest BCUT2D eigenvalue weighted by atomic mass is 32.2. The lowest BCUT2D eigenvalue weighted by atomic mass is 10.3. The van der Waals surface area contributed by atoms with Crippen LogP contribution in [0.25, 0.3) is 0 Å². The molecule has 1 aromatic carbocycles. The number of sulfonamides is 1. The van der Waals surface area contributed by atoms with Crippen LogP contribution in [0.15, 0.2) is 40.2 Å². The first-order chi connectivity index (χ1) is 12.4. The van der Waals surface area contributed by atoms with Crippen molar-refractivity contribution >= 4 is 28.0 Å². The van der Waals surface area contributed by atoms with E-state index in [1.165, 1.54) is 12.1 Å². The zero-order valence-electron chi connectivity index (χ0n) is 14.7. The highest BCUT2D eigenvalue weighted by Gasteiger charge is 2.16. The van der Waals surface area contributed by atoms with Gasteiger partial charge in [0.25, 0.3) is 10.0 Å². The molecular formula is C17H21N5O3S. The van der Waals surface area contributed by atoms with Gasteiger partial charge in [0.15, 0.2) is 0 Å². The molecule has 0 amide bonds. The van der Waals surface area contributed by atoms with Crippen molar-refractivity contribution in [2.75, 3.05) is 31.0 Å². The summed E-state index contributed by atoms with van der Waals surface area (Å²) in [5, 5.41) is 0. The minimum Gasteiger partial charge on any atom is -0.378 e. The standard InChI is InChI=1S/C17H21N5O3S/c1-13-11-14(2)20-17(19-13)21-26(23,24)16-5-3-15(4-6-16)18-12-22-7-9-25-10-8-22/h3-6,11-12H,7-10H2,1-2H3,(H,19,20,21). The van der Waals surface area contributed by atoms with E-state index >= 15 is 0 Å². The minimum atomic E-state index is -3.75. The minimum absolute atomic E-state index is 0.0666. The lowest BCUT2D eigenvalue weighted by molar-refractivity contribution is 0.0701. The number of aromatic nitrogens is 2. The molecule has 1 fully saturated rings. The molecule has 0 atom stereocenters. The number of nitrogens with one attached hydrogen (secondary N) is 1. The Hall–Kier alpha value is -2.52. The Labute approximate surface area is 153 Å². The molecule has 8 nitrogen and oxygen atoms in total. The molecule has 0 aliphatic carbocycles. The second-order valence-electron chi connectivity index (χ2n) is 5.97. The van der Waals surface area contributed by atoms with Gasteiger partial charge in [0.05, 0.1) is 30.1 Å². The van der Waals surface area contributed by atoms with E-state index < -0.39 is 10.0 Å². The number of anilines is 1. The summed E-state index contributed by atoms with van der Waals surface area (Å²) >= 11 is 0. The molecule has 0 spiro atoms. The van der Waals surface area contributed by atoms with Gasteiger partial charge in [-0.1, -0.05) is 0 Å². The summed E-state index contributed by atoms with van der Waals surface area (Å²) in [7, 11) is -3.75. The van der Waals surface area contributed by atoms with Crippen LogP contribution in [0, 0.1) is 13.8 Å². The Morgan fingerprint density at radius 3 is 2.35 bits per heavy atom. The van der Waals surface area contributed by atoms with E-state index in [-0.39, 0.29) is 10.8 Å². The van der Waals surface area contributed by atoms with Crippen molar-refractivity contribution in [1.29, 1.82) is 0 Å². The summed E-state index contributed by atoms with van der Waals surface area (Å²) in [6.45, 7) is 6.55. The molecule has 2 heterocycles. The molecule has 138 valence electrons. The maximum atomic E-state index is 12.5. The summed E-state index contributed by atoms with van der Waals surface area (Å²) in [5.74, 6) is 0.0666. The Morgan fingerprint density at radius 1 is 1.12 bits per heavy atom. The summed E-state index contributed by atoms with van der Waals surface area (Å²) in [6.07, 6.45) is 1.76. The fraction of sp³-hybridized carbons (Fsp3) is 0.353. The molecule has 26 heavy (non-hydrogen) atoms. The number of benzene rings is 1. The van der Waals surface area contributed by atoms with Crippen molar-refractivity contribution < 1.29 is 13.2 Å². The Bertz CT molecular complexity index is 871. The smallest absolute Gasteiger partial charge is 0.264 e. The van der Waals surface area contributed by atoms with Crippen LogP contribution >= 0.6 is 0 Å². The summed E-state index contributed by atoms with van der Waals surface area (Å²) in [6, 6.07) is 8.12. The van der Waals surface area contributed by atoms with Crippen molar-refractivity contribution in [3.63, 3.8) is 0 Å². The molecular weight excluding hydrogens is 354 g/mol. The quantitative estimate of drug-likeness (QED) is 0.633. The van der Waals surface area contributed by atoms with Crippen LogP contribution in [-0.4, -0.2) is 55.9 Å². The fourth-order valence-electron chi connectivity index (χ4n) is 2.50. The highest BCUT2D eigenvalue weighted by molar-refractivity contribution is 7.92. The fourth-order valence-corrected chi connectivity index (χ4v) is 3.45. The number of ether oxygens (including phenoxy) is 1. The topological polar surface area (TPSA) is 96.8 Å². The van der Waals surface area contributed by atoms with Gasteiger partial charge in [0.1, 0.15) is 0 Å². The van der Waals surface area contributed by atoms with Gasteiger partial charge in [-0.15, -0.1) is 0 Å². The monoisotopic (exact) mass is 375 g/mol. The molecule has 0 unspecified atom stereocenters.